The molecule has 1 saturated carbocycles. The summed E-state index contributed by atoms with van der Waals surface area (Å²) in [6.07, 6.45) is 4.62. The third-order valence-corrected chi connectivity index (χ3v) is 4.36. The first-order valence-corrected chi connectivity index (χ1v) is 7.10. The summed E-state index contributed by atoms with van der Waals surface area (Å²) in [5.41, 5.74) is 6.57. The smallest absolute Gasteiger partial charge is 0.251 e. The van der Waals surface area contributed by atoms with Crippen LogP contribution >= 0.6 is 0 Å². The van der Waals surface area contributed by atoms with Crippen molar-refractivity contribution >= 4 is 5.91 Å². The molecule has 0 saturated heterocycles. The third kappa shape index (κ3) is 2.45. The number of carbonyl (C=O) groups is 1. The fraction of sp³-hybridized carbons (Fsp3) is 0.533. The summed E-state index contributed by atoms with van der Waals surface area (Å²) in [6.45, 7) is 1.50. The van der Waals surface area contributed by atoms with Crippen LogP contribution < -0.4 is 20.5 Å². The van der Waals surface area contributed by atoms with Gasteiger partial charge in [-0.25, -0.2) is 0 Å². The van der Waals surface area contributed by atoms with Gasteiger partial charge in [0.05, 0.1) is 0 Å². The summed E-state index contributed by atoms with van der Waals surface area (Å²) in [7, 11) is 0. The van der Waals surface area contributed by atoms with E-state index in [4.69, 9.17) is 15.2 Å². The molecule has 3 rings (SSSR count). The fourth-order valence-electron chi connectivity index (χ4n) is 2.99. The average molecular weight is 276 g/mol. The monoisotopic (exact) mass is 276 g/mol. The van der Waals surface area contributed by atoms with Gasteiger partial charge >= 0.3 is 0 Å². The zero-order valence-electron chi connectivity index (χ0n) is 11.5. The van der Waals surface area contributed by atoms with Crippen molar-refractivity contribution in [2.75, 3.05) is 19.9 Å². The molecule has 20 heavy (non-hydrogen) atoms. The van der Waals surface area contributed by atoms with Crippen molar-refractivity contribution in [2.45, 2.75) is 25.7 Å². The molecule has 0 aromatic heterocycles. The maximum absolute atomic E-state index is 12.2. The SMILES string of the molecule is NCC1(CNC(=O)c2ccc3c(c2)OCO3)CCCC1. The van der Waals surface area contributed by atoms with Crippen LogP contribution in [0.4, 0.5) is 0 Å². The molecule has 1 amide bonds. The van der Waals surface area contributed by atoms with Gasteiger partial charge in [-0.1, -0.05) is 12.8 Å². The summed E-state index contributed by atoms with van der Waals surface area (Å²) >= 11 is 0. The standard InChI is InChI=1S/C15H20N2O3/c16-8-15(5-1-2-6-15)9-17-14(18)11-3-4-12-13(7-11)20-10-19-12/h3-4,7H,1-2,5-6,8-10,16H2,(H,17,18). The molecular weight excluding hydrogens is 256 g/mol. The highest BCUT2D eigenvalue weighted by Crippen LogP contribution is 2.36. The van der Waals surface area contributed by atoms with Crippen LogP contribution in [0.3, 0.4) is 0 Å². The number of carbonyl (C=O) groups excluding carboxylic acids is 1. The molecule has 1 heterocycles. The number of ether oxygens (including phenoxy) is 2. The van der Waals surface area contributed by atoms with Crippen LogP contribution in [0.15, 0.2) is 18.2 Å². The van der Waals surface area contributed by atoms with E-state index >= 15 is 0 Å². The van der Waals surface area contributed by atoms with Crippen LogP contribution in [-0.2, 0) is 0 Å². The minimum Gasteiger partial charge on any atom is -0.454 e. The van der Waals surface area contributed by atoms with E-state index in [1.165, 1.54) is 12.8 Å². The largest absolute Gasteiger partial charge is 0.454 e. The van der Waals surface area contributed by atoms with E-state index < -0.39 is 0 Å². The van der Waals surface area contributed by atoms with Gasteiger partial charge in [0.2, 0.25) is 6.79 Å². The Kier molecular flexibility index (Phi) is 3.53. The van der Waals surface area contributed by atoms with Crippen molar-refractivity contribution in [2.24, 2.45) is 11.1 Å². The van der Waals surface area contributed by atoms with Gasteiger partial charge in [-0.15, -0.1) is 0 Å². The van der Waals surface area contributed by atoms with Crippen LogP contribution in [0.5, 0.6) is 11.5 Å². The molecule has 5 heteroatoms. The van der Waals surface area contributed by atoms with Crippen LogP contribution in [0.2, 0.25) is 0 Å². The van der Waals surface area contributed by atoms with Crippen molar-refractivity contribution in [1.29, 1.82) is 0 Å². The van der Waals surface area contributed by atoms with E-state index in [9.17, 15) is 4.79 Å². The van der Waals surface area contributed by atoms with Crippen LogP contribution in [0, 0.1) is 5.41 Å². The summed E-state index contributed by atoms with van der Waals surface area (Å²) in [5, 5.41) is 3.01. The van der Waals surface area contributed by atoms with Crippen LogP contribution in [0.25, 0.3) is 0 Å². The Morgan fingerprint density at radius 1 is 1.25 bits per heavy atom. The lowest BCUT2D eigenvalue weighted by molar-refractivity contribution is 0.0931. The Labute approximate surface area is 118 Å². The number of rotatable bonds is 4. The summed E-state index contributed by atoms with van der Waals surface area (Å²) in [5.74, 6) is 1.24. The maximum Gasteiger partial charge on any atom is 0.251 e. The molecule has 0 bridgehead atoms. The van der Waals surface area contributed by atoms with Crippen molar-refractivity contribution in [3.8, 4) is 11.5 Å². The van der Waals surface area contributed by atoms with Gasteiger partial charge in [0.25, 0.3) is 5.91 Å². The molecule has 0 unspecified atom stereocenters. The number of benzene rings is 1. The second kappa shape index (κ2) is 5.32. The minimum absolute atomic E-state index is 0.0805. The van der Waals surface area contributed by atoms with Crippen LogP contribution in [0.1, 0.15) is 36.0 Å². The second-order valence-corrected chi connectivity index (χ2v) is 5.66. The Bertz CT molecular complexity index is 510. The predicted molar refractivity (Wildman–Crippen MR) is 74.9 cm³/mol. The zero-order valence-corrected chi connectivity index (χ0v) is 11.5. The summed E-state index contributed by atoms with van der Waals surface area (Å²) < 4.78 is 10.5. The number of nitrogens with one attached hydrogen (secondary N) is 1. The van der Waals surface area contributed by atoms with Gasteiger partial charge in [0, 0.05) is 12.1 Å². The number of hydrogen-bond acceptors (Lipinski definition) is 4. The Balaban J connectivity index is 1.64. The lowest BCUT2D eigenvalue weighted by Crippen LogP contribution is -2.40. The van der Waals surface area contributed by atoms with E-state index in [1.54, 1.807) is 18.2 Å². The van der Waals surface area contributed by atoms with Crippen molar-refractivity contribution in [3.63, 3.8) is 0 Å². The molecule has 0 atom stereocenters. The third-order valence-electron chi connectivity index (χ3n) is 4.36. The molecule has 1 aromatic rings. The normalized spacial score (nSPS) is 19.1. The van der Waals surface area contributed by atoms with Gasteiger partial charge in [0.1, 0.15) is 0 Å². The van der Waals surface area contributed by atoms with Gasteiger partial charge in [-0.3, -0.25) is 4.79 Å². The van der Waals surface area contributed by atoms with Gasteiger partial charge in [-0.05, 0) is 43.0 Å². The van der Waals surface area contributed by atoms with E-state index in [0.717, 1.165) is 12.8 Å². The molecule has 1 aliphatic heterocycles. The van der Waals surface area contributed by atoms with Gasteiger partial charge in [0.15, 0.2) is 11.5 Å². The number of fused-ring (bicyclic) bond motifs is 1. The van der Waals surface area contributed by atoms with Crippen LogP contribution in [-0.4, -0.2) is 25.8 Å². The highest BCUT2D eigenvalue weighted by molar-refractivity contribution is 5.94. The predicted octanol–water partition coefficient (Wildman–Crippen LogP) is 1.66. The Hall–Kier alpha value is -1.75. The second-order valence-electron chi connectivity index (χ2n) is 5.66. The first kappa shape index (κ1) is 13.2. The molecule has 3 N–H and O–H groups in total. The number of hydrogen-bond donors (Lipinski definition) is 2. The first-order chi connectivity index (χ1) is 9.72. The van der Waals surface area contributed by atoms with Crippen molar-refractivity contribution in [1.82, 2.24) is 5.32 Å². The summed E-state index contributed by atoms with van der Waals surface area (Å²) in [6, 6.07) is 5.25. The molecular formula is C15H20N2O3. The highest BCUT2D eigenvalue weighted by Gasteiger charge is 2.32. The van der Waals surface area contributed by atoms with E-state index in [0.29, 0.717) is 30.2 Å². The quantitative estimate of drug-likeness (QED) is 0.877. The lowest BCUT2D eigenvalue weighted by Gasteiger charge is -2.27. The van der Waals surface area contributed by atoms with Gasteiger partial charge < -0.3 is 20.5 Å². The molecule has 108 valence electrons. The number of nitrogens with two attached hydrogens (primary N) is 1. The Morgan fingerprint density at radius 3 is 2.75 bits per heavy atom. The van der Waals surface area contributed by atoms with E-state index in [2.05, 4.69) is 5.32 Å². The molecule has 2 aliphatic rings. The molecule has 1 fully saturated rings. The van der Waals surface area contributed by atoms with Gasteiger partial charge in [-0.2, -0.15) is 0 Å². The zero-order chi connectivity index (χ0) is 14.0. The molecule has 5 nitrogen and oxygen atoms in total. The number of amides is 1. The maximum atomic E-state index is 12.2. The molecule has 1 aliphatic carbocycles. The fourth-order valence-corrected chi connectivity index (χ4v) is 2.99. The highest BCUT2D eigenvalue weighted by atomic mass is 16.7. The summed E-state index contributed by atoms with van der Waals surface area (Å²) in [4.78, 5) is 12.2. The lowest BCUT2D eigenvalue weighted by atomic mass is 9.86. The molecule has 0 spiro atoms. The van der Waals surface area contributed by atoms with Crippen molar-refractivity contribution in [3.05, 3.63) is 23.8 Å². The Morgan fingerprint density at radius 2 is 2.00 bits per heavy atom. The average Bonchev–Trinajstić information content (AvgIpc) is 3.13. The topological polar surface area (TPSA) is 73.6 Å². The first-order valence-electron chi connectivity index (χ1n) is 7.10. The minimum atomic E-state index is -0.0805. The van der Waals surface area contributed by atoms with E-state index in [-0.39, 0.29) is 18.1 Å². The van der Waals surface area contributed by atoms with Crippen molar-refractivity contribution < 1.29 is 14.3 Å². The molecule has 0 radical (unpaired) electrons. The van der Waals surface area contributed by atoms with E-state index in [1.807, 2.05) is 0 Å². The molecule has 1 aromatic carbocycles.